The van der Waals surface area contributed by atoms with Crippen molar-refractivity contribution in [3.8, 4) is 11.3 Å². The number of ether oxygens (including phenoxy) is 1. The average Bonchev–Trinajstić information content (AvgIpc) is 3.11. The molecule has 0 aromatic carbocycles. The quantitative estimate of drug-likeness (QED) is 0.477. The minimum Gasteiger partial charge on any atom is -0.379 e. The number of nitrogens with one attached hydrogen (secondary N) is 3. The topological polar surface area (TPSA) is 91.0 Å². The molecule has 3 atom stereocenters. The second-order valence-electron chi connectivity index (χ2n) is 9.02. The first-order valence-corrected chi connectivity index (χ1v) is 11.7. The Balaban J connectivity index is 1.50. The maximum Gasteiger partial charge on any atom is 0.419 e. The Labute approximate surface area is 199 Å². The van der Waals surface area contributed by atoms with E-state index >= 15 is 0 Å². The fourth-order valence-corrected chi connectivity index (χ4v) is 4.64. The monoisotopic (exact) mass is 493 g/mol. The number of rotatable bonds is 4. The van der Waals surface area contributed by atoms with E-state index in [9.17, 15) is 17.6 Å². The number of alkyl halides is 4. The first kappa shape index (κ1) is 23.7. The Hall–Kier alpha value is -2.99. The number of H-pyrrole nitrogens is 1. The number of piperidine rings is 1. The largest absolute Gasteiger partial charge is 0.419 e. The molecule has 3 aromatic rings. The van der Waals surface area contributed by atoms with Gasteiger partial charge in [-0.3, -0.25) is 0 Å². The molecule has 2 aliphatic heterocycles. The Morgan fingerprint density at radius 3 is 2.86 bits per heavy atom. The second kappa shape index (κ2) is 9.57. The molecule has 2 fully saturated rings. The van der Waals surface area contributed by atoms with Crippen molar-refractivity contribution in [1.82, 2.24) is 25.3 Å². The molecule has 0 saturated carbocycles. The summed E-state index contributed by atoms with van der Waals surface area (Å²) in [5, 5.41) is 6.43. The van der Waals surface area contributed by atoms with Gasteiger partial charge in [0, 0.05) is 62.0 Å². The summed E-state index contributed by atoms with van der Waals surface area (Å²) in [4.78, 5) is 17.9. The summed E-state index contributed by atoms with van der Waals surface area (Å²) >= 11 is 0. The van der Waals surface area contributed by atoms with Gasteiger partial charge in [0.1, 0.15) is 23.2 Å². The van der Waals surface area contributed by atoms with Gasteiger partial charge in [-0.05, 0) is 25.5 Å². The van der Waals surface area contributed by atoms with Crippen LogP contribution in [-0.2, 0) is 10.9 Å². The zero-order chi connectivity index (χ0) is 24.6. The van der Waals surface area contributed by atoms with Crippen molar-refractivity contribution in [3.05, 3.63) is 30.1 Å². The van der Waals surface area contributed by atoms with E-state index in [2.05, 4.69) is 42.4 Å². The van der Waals surface area contributed by atoms with E-state index in [0.29, 0.717) is 30.8 Å². The number of pyridine rings is 1. The van der Waals surface area contributed by atoms with Crippen LogP contribution in [0.15, 0.2) is 24.5 Å². The average molecular weight is 494 g/mol. The van der Waals surface area contributed by atoms with Crippen LogP contribution in [-0.4, -0.2) is 71.0 Å². The van der Waals surface area contributed by atoms with Crippen molar-refractivity contribution >= 4 is 22.8 Å². The normalized spacial score (nSPS) is 23.9. The molecule has 0 spiro atoms. The molecule has 0 unspecified atom stereocenters. The van der Waals surface area contributed by atoms with Gasteiger partial charge in [0.05, 0.1) is 18.3 Å². The molecule has 2 saturated heterocycles. The summed E-state index contributed by atoms with van der Waals surface area (Å²) in [7, 11) is 0. The lowest BCUT2D eigenvalue weighted by Crippen LogP contribution is -2.44. The number of hydrogen-bond donors (Lipinski definition) is 3. The van der Waals surface area contributed by atoms with Crippen molar-refractivity contribution in [2.45, 2.75) is 44.2 Å². The minimum atomic E-state index is -4.65. The molecule has 0 amide bonds. The van der Waals surface area contributed by atoms with E-state index in [1.807, 2.05) is 6.07 Å². The first-order chi connectivity index (χ1) is 16.8. The van der Waals surface area contributed by atoms with Crippen molar-refractivity contribution in [2.75, 3.05) is 43.1 Å². The van der Waals surface area contributed by atoms with Crippen LogP contribution in [0.1, 0.15) is 25.3 Å². The molecule has 0 aliphatic carbocycles. The lowest BCUT2D eigenvalue weighted by atomic mass is 10.1. The summed E-state index contributed by atoms with van der Waals surface area (Å²) < 4.78 is 60.9. The summed E-state index contributed by atoms with van der Waals surface area (Å²) in [5.41, 5.74) is -0.466. The van der Waals surface area contributed by atoms with Crippen LogP contribution < -0.4 is 15.5 Å². The first-order valence-electron chi connectivity index (χ1n) is 11.7. The summed E-state index contributed by atoms with van der Waals surface area (Å²) in [6, 6.07) is 3.37. The van der Waals surface area contributed by atoms with Gasteiger partial charge in [0.25, 0.3) is 0 Å². The Bertz CT molecular complexity index is 1180. The highest BCUT2D eigenvalue weighted by atomic mass is 19.4. The van der Waals surface area contributed by atoms with E-state index < -0.39 is 17.9 Å². The Morgan fingerprint density at radius 2 is 2.06 bits per heavy atom. The number of aromatic amines is 1. The van der Waals surface area contributed by atoms with E-state index in [1.165, 1.54) is 6.20 Å². The van der Waals surface area contributed by atoms with Gasteiger partial charge in [0.2, 0.25) is 5.95 Å². The highest BCUT2D eigenvalue weighted by molar-refractivity contribution is 5.94. The second-order valence-corrected chi connectivity index (χ2v) is 9.02. The predicted octanol–water partition coefficient (Wildman–Crippen LogP) is 3.77. The summed E-state index contributed by atoms with van der Waals surface area (Å²) in [6.45, 7) is 4.83. The molecule has 5 heterocycles. The van der Waals surface area contributed by atoms with Gasteiger partial charge < -0.3 is 25.3 Å². The van der Waals surface area contributed by atoms with Gasteiger partial charge in [-0.2, -0.15) is 13.2 Å². The fraction of sp³-hybridized carbons (Fsp3) is 0.522. The molecule has 3 N–H and O–H groups in total. The standard InChI is InChI=1S/C23H27F4N7O/c1-13-12-35-6-2-5-34(13)19-4-3-16-17(10-29-21(16)32-19)20-18(23(25,26)27)11-30-22(33-20)31-15-7-14(24)8-28-9-15/h3-4,10-11,13-15,28H,2,5-9,12H2,1H3,(H,29,32)(H,30,31,33)/t13-,14+,15-/m0/s1. The highest BCUT2D eigenvalue weighted by Crippen LogP contribution is 2.39. The van der Waals surface area contributed by atoms with Crippen LogP contribution in [0.2, 0.25) is 0 Å². The molecule has 35 heavy (non-hydrogen) atoms. The third-order valence-electron chi connectivity index (χ3n) is 6.38. The molecular formula is C23H27F4N7O. The molecule has 0 radical (unpaired) electrons. The number of anilines is 2. The van der Waals surface area contributed by atoms with Crippen LogP contribution in [0.4, 0.5) is 29.3 Å². The molecule has 188 valence electrons. The van der Waals surface area contributed by atoms with E-state index in [1.54, 1.807) is 6.07 Å². The zero-order valence-electron chi connectivity index (χ0n) is 19.2. The third kappa shape index (κ3) is 5.03. The van der Waals surface area contributed by atoms with Gasteiger partial charge in [0.15, 0.2) is 0 Å². The number of fused-ring (bicyclic) bond motifs is 1. The van der Waals surface area contributed by atoms with Gasteiger partial charge in [-0.15, -0.1) is 0 Å². The van der Waals surface area contributed by atoms with Gasteiger partial charge in [-0.1, -0.05) is 0 Å². The Morgan fingerprint density at radius 1 is 1.20 bits per heavy atom. The summed E-state index contributed by atoms with van der Waals surface area (Å²) in [5.74, 6) is 0.752. The number of hydrogen-bond acceptors (Lipinski definition) is 7. The molecular weight excluding hydrogens is 466 g/mol. The van der Waals surface area contributed by atoms with Crippen LogP contribution in [0.25, 0.3) is 22.3 Å². The molecule has 3 aromatic heterocycles. The number of halogens is 4. The summed E-state index contributed by atoms with van der Waals surface area (Å²) in [6.07, 6.45) is -2.34. The maximum atomic E-state index is 13.9. The molecule has 5 rings (SSSR count). The SMILES string of the molecule is C[C@H]1COCCCN1c1ccc2c(-c3nc(N[C@@H]4CNC[C@H](F)C4)ncc3C(F)(F)F)c[nH]c2n1. The van der Waals surface area contributed by atoms with Gasteiger partial charge >= 0.3 is 6.18 Å². The van der Waals surface area contributed by atoms with Crippen LogP contribution in [0, 0.1) is 0 Å². The van der Waals surface area contributed by atoms with Crippen molar-refractivity contribution < 1.29 is 22.3 Å². The smallest absolute Gasteiger partial charge is 0.379 e. The lowest BCUT2D eigenvalue weighted by Gasteiger charge is -2.27. The zero-order valence-corrected chi connectivity index (χ0v) is 19.2. The van der Waals surface area contributed by atoms with Crippen molar-refractivity contribution in [3.63, 3.8) is 0 Å². The van der Waals surface area contributed by atoms with E-state index in [0.717, 1.165) is 25.0 Å². The fourth-order valence-electron chi connectivity index (χ4n) is 4.64. The van der Waals surface area contributed by atoms with Crippen LogP contribution in [0.5, 0.6) is 0 Å². The van der Waals surface area contributed by atoms with Gasteiger partial charge in [-0.25, -0.2) is 19.3 Å². The van der Waals surface area contributed by atoms with Crippen LogP contribution in [0.3, 0.4) is 0 Å². The predicted molar refractivity (Wildman–Crippen MR) is 124 cm³/mol. The van der Waals surface area contributed by atoms with Crippen LogP contribution >= 0.6 is 0 Å². The Kier molecular flexibility index (Phi) is 6.49. The molecule has 8 nitrogen and oxygen atoms in total. The molecule has 0 bridgehead atoms. The lowest BCUT2D eigenvalue weighted by molar-refractivity contribution is -0.137. The van der Waals surface area contributed by atoms with E-state index in [4.69, 9.17) is 4.74 Å². The maximum absolute atomic E-state index is 13.9. The number of aromatic nitrogens is 4. The van der Waals surface area contributed by atoms with Crippen molar-refractivity contribution in [2.24, 2.45) is 0 Å². The minimum absolute atomic E-state index is 0.0196. The molecule has 2 aliphatic rings. The third-order valence-corrected chi connectivity index (χ3v) is 6.38. The highest BCUT2D eigenvalue weighted by Gasteiger charge is 2.36. The van der Waals surface area contributed by atoms with Crippen molar-refractivity contribution in [1.29, 1.82) is 0 Å². The van der Waals surface area contributed by atoms with E-state index in [-0.39, 0.29) is 42.3 Å². The molecule has 12 heteroatoms. The number of nitrogens with zero attached hydrogens (tertiary/aromatic N) is 4.